The highest BCUT2D eigenvalue weighted by molar-refractivity contribution is 6.31. The highest BCUT2D eigenvalue weighted by Gasteiger charge is 2.17. The summed E-state index contributed by atoms with van der Waals surface area (Å²) >= 11 is 6.44. The van der Waals surface area contributed by atoms with Crippen LogP contribution in [0.3, 0.4) is 0 Å². The predicted octanol–water partition coefficient (Wildman–Crippen LogP) is 3.54. The van der Waals surface area contributed by atoms with Gasteiger partial charge in [-0.3, -0.25) is 4.68 Å². The lowest BCUT2D eigenvalue weighted by atomic mass is 10.0. The van der Waals surface area contributed by atoms with Crippen LogP contribution in [0.5, 0.6) is 0 Å². The van der Waals surface area contributed by atoms with Crippen molar-refractivity contribution in [1.29, 1.82) is 0 Å². The molecule has 2 rings (SSSR count). The molecular formula is C17H24ClN3. The van der Waals surface area contributed by atoms with E-state index in [4.69, 9.17) is 17.3 Å². The van der Waals surface area contributed by atoms with Crippen molar-refractivity contribution in [3.63, 3.8) is 0 Å². The molecule has 1 unspecified atom stereocenters. The first-order valence-electron chi connectivity index (χ1n) is 7.60. The molecule has 1 aromatic carbocycles. The van der Waals surface area contributed by atoms with Crippen LogP contribution in [0.25, 0.3) is 0 Å². The van der Waals surface area contributed by atoms with Gasteiger partial charge < -0.3 is 5.73 Å². The minimum absolute atomic E-state index is 0.0527. The molecule has 1 atom stereocenters. The number of nitrogens with zero attached hydrogens (tertiary/aromatic N) is 2. The number of nitrogens with two attached hydrogens (primary N) is 1. The summed E-state index contributed by atoms with van der Waals surface area (Å²) in [5.74, 6) is 0. The molecule has 2 N–H and O–H groups in total. The Kier molecular flexibility index (Phi) is 5.43. The fraction of sp³-hybridized carbons (Fsp3) is 0.471. The highest BCUT2D eigenvalue weighted by atomic mass is 35.5. The first-order chi connectivity index (χ1) is 10.0. The van der Waals surface area contributed by atoms with Crippen LogP contribution in [0.4, 0.5) is 0 Å². The second-order valence-electron chi connectivity index (χ2n) is 5.53. The summed E-state index contributed by atoms with van der Waals surface area (Å²) in [7, 11) is 0. The van der Waals surface area contributed by atoms with E-state index in [1.54, 1.807) is 0 Å². The molecule has 114 valence electrons. The van der Waals surface area contributed by atoms with Crippen LogP contribution in [0.15, 0.2) is 24.3 Å². The number of hydrogen-bond donors (Lipinski definition) is 1. The van der Waals surface area contributed by atoms with Crippen LogP contribution in [-0.2, 0) is 25.8 Å². The molecule has 0 amide bonds. The Hall–Kier alpha value is -1.32. The van der Waals surface area contributed by atoms with Crippen LogP contribution in [-0.4, -0.2) is 15.8 Å². The Labute approximate surface area is 132 Å². The first kappa shape index (κ1) is 16.1. The lowest BCUT2D eigenvalue weighted by molar-refractivity contribution is 0.573. The van der Waals surface area contributed by atoms with E-state index in [0.717, 1.165) is 42.2 Å². The lowest BCUT2D eigenvalue weighted by Crippen LogP contribution is -2.27. The maximum atomic E-state index is 6.44. The van der Waals surface area contributed by atoms with E-state index in [1.165, 1.54) is 11.1 Å². The fourth-order valence-corrected chi connectivity index (χ4v) is 2.91. The van der Waals surface area contributed by atoms with E-state index in [9.17, 15) is 0 Å². The predicted molar refractivity (Wildman–Crippen MR) is 88.9 cm³/mol. The summed E-state index contributed by atoms with van der Waals surface area (Å²) < 4.78 is 1.98. The zero-order valence-electron chi connectivity index (χ0n) is 13.1. The molecule has 0 saturated carbocycles. The van der Waals surface area contributed by atoms with Gasteiger partial charge in [-0.05, 0) is 32.3 Å². The van der Waals surface area contributed by atoms with E-state index in [0.29, 0.717) is 0 Å². The van der Waals surface area contributed by atoms with Crippen molar-refractivity contribution in [1.82, 2.24) is 9.78 Å². The normalized spacial score (nSPS) is 12.6. The third-order valence-electron chi connectivity index (χ3n) is 3.77. The number of aryl methyl sites for hydroxylation is 3. The Bertz CT molecular complexity index is 587. The Morgan fingerprint density at radius 3 is 2.43 bits per heavy atom. The molecule has 0 radical (unpaired) electrons. The number of aromatic nitrogens is 2. The van der Waals surface area contributed by atoms with Crippen molar-refractivity contribution >= 4 is 11.6 Å². The van der Waals surface area contributed by atoms with Crippen LogP contribution in [0.2, 0.25) is 5.02 Å². The van der Waals surface area contributed by atoms with Crippen molar-refractivity contribution in [2.45, 2.75) is 52.6 Å². The summed E-state index contributed by atoms with van der Waals surface area (Å²) in [6.45, 7) is 7.07. The van der Waals surface area contributed by atoms with Crippen molar-refractivity contribution < 1.29 is 0 Å². The van der Waals surface area contributed by atoms with E-state index < -0.39 is 0 Å². The minimum atomic E-state index is 0.0527. The molecular weight excluding hydrogens is 282 g/mol. The second kappa shape index (κ2) is 7.10. The Morgan fingerprint density at radius 1 is 1.19 bits per heavy atom. The highest BCUT2D eigenvalue weighted by Crippen LogP contribution is 2.23. The van der Waals surface area contributed by atoms with Gasteiger partial charge in [0.2, 0.25) is 0 Å². The third-order valence-corrected chi connectivity index (χ3v) is 4.20. The summed E-state index contributed by atoms with van der Waals surface area (Å²) in [5.41, 5.74) is 10.9. The first-order valence-corrected chi connectivity index (χ1v) is 7.98. The SMILES string of the molecule is CCc1nn(CC)c(CC(N)Cc2ccc(C)cc2)c1Cl. The van der Waals surface area contributed by atoms with Crippen molar-refractivity contribution in [3.8, 4) is 0 Å². The van der Waals surface area contributed by atoms with Gasteiger partial charge in [0.1, 0.15) is 0 Å². The zero-order valence-corrected chi connectivity index (χ0v) is 13.8. The topological polar surface area (TPSA) is 43.8 Å². The molecule has 2 aromatic rings. The van der Waals surface area contributed by atoms with E-state index in [-0.39, 0.29) is 6.04 Å². The van der Waals surface area contributed by atoms with E-state index in [2.05, 4.69) is 50.1 Å². The van der Waals surface area contributed by atoms with Crippen molar-refractivity contribution in [2.75, 3.05) is 0 Å². The van der Waals surface area contributed by atoms with Crippen LogP contribution in [0, 0.1) is 6.92 Å². The fourth-order valence-electron chi connectivity index (χ4n) is 2.56. The number of rotatable bonds is 6. The van der Waals surface area contributed by atoms with Crippen LogP contribution >= 0.6 is 11.6 Å². The molecule has 0 aliphatic rings. The zero-order chi connectivity index (χ0) is 15.4. The number of hydrogen-bond acceptors (Lipinski definition) is 2. The Morgan fingerprint density at radius 2 is 1.86 bits per heavy atom. The molecule has 1 aromatic heterocycles. The average molecular weight is 306 g/mol. The van der Waals surface area contributed by atoms with Gasteiger partial charge in [0.05, 0.1) is 16.4 Å². The largest absolute Gasteiger partial charge is 0.327 e. The summed E-state index contributed by atoms with van der Waals surface area (Å²) in [4.78, 5) is 0. The molecule has 21 heavy (non-hydrogen) atoms. The van der Waals surface area contributed by atoms with Gasteiger partial charge in [-0.15, -0.1) is 0 Å². The van der Waals surface area contributed by atoms with E-state index in [1.807, 2.05) is 4.68 Å². The van der Waals surface area contributed by atoms with Gasteiger partial charge in [0, 0.05) is 19.0 Å². The van der Waals surface area contributed by atoms with Crippen LogP contribution < -0.4 is 5.73 Å². The van der Waals surface area contributed by atoms with Gasteiger partial charge >= 0.3 is 0 Å². The molecule has 0 bridgehead atoms. The van der Waals surface area contributed by atoms with Gasteiger partial charge in [-0.1, -0.05) is 48.4 Å². The molecule has 0 saturated heterocycles. The Balaban J connectivity index is 2.10. The van der Waals surface area contributed by atoms with Gasteiger partial charge in [-0.25, -0.2) is 0 Å². The molecule has 3 nitrogen and oxygen atoms in total. The summed E-state index contributed by atoms with van der Waals surface area (Å²) in [6, 6.07) is 8.59. The monoisotopic (exact) mass is 305 g/mol. The van der Waals surface area contributed by atoms with Crippen molar-refractivity contribution in [2.24, 2.45) is 5.73 Å². The molecule has 0 spiro atoms. The van der Waals surface area contributed by atoms with E-state index >= 15 is 0 Å². The average Bonchev–Trinajstić information content (AvgIpc) is 2.77. The summed E-state index contributed by atoms with van der Waals surface area (Å²) in [6.07, 6.45) is 2.46. The second-order valence-corrected chi connectivity index (χ2v) is 5.91. The maximum absolute atomic E-state index is 6.44. The molecule has 1 heterocycles. The smallest absolute Gasteiger partial charge is 0.0850 e. The molecule has 0 fully saturated rings. The molecule has 4 heteroatoms. The number of benzene rings is 1. The maximum Gasteiger partial charge on any atom is 0.0850 e. The van der Waals surface area contributed by atoms with Crippen molar-refractivity contribution in [3.05, 3.63) is 51.8 Å². The van der Waals surface area contributed by atoms with Gasteiger partial charge in [-0.2, -0.15) is 5.10 Å². The third kappa shape index (κ3) is 3.86. The van der Waals surface area contributed by atoms with Gasteiger partial charge in [0.15, 0.2) is 0 Å². The quantitative estimate of drug-likeness (QED) is 0.887. The minimum Gasteiger partial charge on any atom is -0.327 e. The molecule has 0 aliphatic heterocycles. The summed E-state index contributed by atoms with van der Waals surface area (Å²) in [5, 5.41) is 5.34. The van der Waals surface area contributed by atoms with Gasteiger partial charge in [0.25, 0.3) is 0 Å². The standard InChI is InChI=1S/C17H24ClN3/c1-4-15-17(18)16(21(5-2)20-15)11-14(19)10-13-8-6-12(3)7-9-13/h6-9,14H,4-5,10-11,19H2,1-3H3. The number of halogens is 1. The lowest BCUT2D eigenvalue weighted by Gasteiger charge is -2.13. The molecule has 0 aliphatic carbocycles. The van der Waals surface area contributed by atoms with Crippen LogP contribution in [0.1, 0.15) is 36.4 Å².